The van der Waals surface area contributed by atoms with Gasteiger partial charge in [-0.25, -0.2) is 4.79 Å². The zero-order valence-electron chi connectivity index (χ0n) is 7.50. The van der Waals surface area contributed by atoms with Crippen LogP contribution in [0.25, 0.3) is 0 Å². The number of rotatable bonds is 4. The fraction of sp³-hybridized carbons (Fsp3) is 0.875. The fourth-order valence-electron chi connectivity index (χ4n) is 1.28. The summed E-state index contributed by atoms with van der Waals surface area (Å²) in [5.74, 6) is 0. The van der Waals surface area contributed by atoms with E-state index in [1.807, 2.05) is 20.8 Å². The van der Waals surface area contributed by atoms with Gasteiger partial charge in [-0.3, -0.25) is 0 Å². The Bertz CT molecular complexity index is 121. The van der Waals surface area contributed by atoms with Gasteiger partial charge in [0.05, 0.1) is 0 Å². The van der Waals surface area contributed by atoms with E-state index in [0.717, 1.165) is 12.8 Å². The van der Waals surface area contributed by atoms with Crippen molar-refractivity contribution in [2.45, 2.75) is 39.7 Å². The van der Waals surface area contributed by atoms with E-state index in [9.17, 15) is 4.79 Å². The van der Waals surface area contributed by atoms with E-state index in [4.69, 9.17) is 5.11 Å². The third kappa shape index (κ3) is 2.78. The van der Waals surface area contributed by atoms with Crippen LogP contribution >= 0.6 is 0 Å². The molecule has 0 rings (SSSR count). The normalized spacial score (nSPS) is 10.2. The highest BCUT2D eigenvalue weighted by Crippen LogP contribution is 2.07. The van der Waals surface area contributed by atoms with Crippen LogP contribution in [0.5, 0.6) is 0 Å². The Morgan fingerprint density at radius 2 is 1.82 bits per heavy atom. The van der Waals surface area contributed by atoms with E-state index >= 15 is 0 Å². The summed E-state index contributed by atoms with van der Waals surface area (Å²) in [7, 11) is 0. The van der Waals surface area contributed by atoms with Crippen LogP contribution in [-0.2, 0) is 0 Å². The van der Waals surface area contributed by atoms with Gasteiger partial charge in [-0.05, 0) is 19.8 Å². The molecule has 0 aromatic heterocycles. The molecule has 0 fully saturated rings. The van der Waals surface area contributed by atoms with Crippen LogP contribution in [-0.4, -0.2) is 28.7 Å². The third-order valence-electron chi connectivity index (χ3n) is 1.97. The highest BCUT2D eigenvalue weighted by Gasteiger charge is 2.17. The molecule has 11 heavy (non-hydrogen) atoms. The van der Waals surface area contributed by atoms with Crippen molar-refractivity contribution < 1.29 is 9.90 Å². The van der Waals surface area contributed by atoms with Gasteiger partial charge in [-0.1, -0.05) is 13.8 Å². The molecule has 3 heteroatoms. The molecule has 0 unspecified atom stereocenters. The van der Waals surface area contributed by atoms with Crippen LogP contribution in [0.1, 0.15) is 33.6 Å². The Morgan fingerprint density at radius 1 is 1.36 bits per heavy atom. The van der Waals surface area contributed by atoms with Crippen molar-refractivity contribution in [3.63, 3.8) is 0 Å². The quantitative estimate of drug-likeness (QED) is 0.683. The molecule has 0 saturated carbocycles. The Morgan fingerprint density at radius 3 is 1.91 bits per heavy atom. The van der Waals surface area contributed by atoms with Gasteiger partial charge in [-0.15, -0.1) is 0 Å². The van der Waals surface area contributed by atoms with Crippen LogP contribution in [0.15, 0.2) is 0 Å². The molecule has 0 heterocycles. The van der Waals surface area contributed by atoms with Gasteiger partial charge in [-0.2, -0.15) is 0 Å². The predicted octanol–water partition coefficient (Wildman–Crippen LogP) is 2.17. The van der Waals surface area contributed by atoms with Gasteiger partial charge in [0, 0.05) is 12.6 Å². The van der Waals surface area contributed by atoms with Crippen LogP contribution < -0.4 is 0 Å². The van der Waals surface area contributed by atoms with Gasteiger partial charge in [0.1, 0.15) is 0 Å². The molecule has 0 atom stereocenters. The molecular formula is C8H17NO2. The van der Waals surface area contributed by atoms with E-state index in [1.165, 1.54) is 4.90 Å². The Labute approximate surface area is 68.0 Å². The predicted molar refractivity (Wildman–Crippen MR) is 44.8 cm³/mol. The summed E-state index contributed by atoms with van der Waals surface area (Å²) in [5, 5.41) is 8.73. The maximum atomic E-state index is 10.6. The second-order valence-electron chi connectivity index (χ2n) is 2.54. The molecule has 0 bridgehead atoms. The smallest absolute Gasteiger partial charge is 0.407 e. The first-order valence-corrected chi connectivity index (χ1v) is 4.16. The lowest BCUT2D eigenvalue weighted by atomic mass is 10.1. The minimum atomic E-state index is -0.804. The topological polar surface area (TPSA) is 40.5 Å². The SMILES string of the molecule is CCC(CC)N(CC)C(=O)O. The first-order chi connectivity index (χ1) is 5.17. The van der Waals surface area contributed by atoms with Gasteiger partial charge in [0.15, 0.2) is 0 Å². The molecule has 0 aromatic carbocycles. The van der Waals surface area contributed by atoms with E-state index in [1.54, 1.807) is 0 Å². The number of nitrogens with zero attached hydrogens (tertiary/aromatic N) is 1. The van der Waals surface area contributed by atoms with Gasteiger partial charge in [0.25, 0.3) is 0 Å². The zero-order valence-corrected chi connectivity index (χ0v) is 7.50. The number of carboxylic acid groups (broad SMARTS) is 1. The third-order valence-corrected chi connectivity index (χ3v) is 1.97. The van der Waals surface area contributed by atoms with E-state index in [-0.39, 0.29) is 6.04 Å². The number of amides is 1. The first kappa shape index (κ1) is 10.3. The Kier molecular flexibility index (Phi) is 4.66. The average Bonchev–Trinajstić information content (AvgIpc) is 1.99. The largest absolute Gasteiger partial charge is 0.465 e. The van der Waals surface area contributed by atoms with Gasteiger partial charge in [0.2, 0.25) is 0 Å². The summed E-state index contributed by atoms with van der Waals surface area (Å²) in [6, 6.07) is 0.192. The lowest BCUT2D eigenvalue weighted by Crippen LogP contribution is -2.38. The monoisotopic (exact) mass is 159 g/mol. The Hall–Kier alpha value is -0.730. The molecule has 1 amide bonds. The second kappa shape index (κ2) is 4.99. The summed E-state index contributed by atoms with van der Waals surface area (Å²) in [6.07, 6.45) is 0.994. The zero-order chi connectivity index (χ0) is 8.85. The summed E-state index contributed by atoms with van der Waals surface area (Å²) in [5.41, 5.74) is 0. The van der Waals surface area contributed by atoms with Crippen molar-refractivity contribution in [1.82, 2.24) is 4.90 Å². The van der Waals surface area contributed by atoms with Crippen LogP contribution in [0.3, 0.4) is 0 Å². The second-order valence-corrected chi connectivity index (χ2v) is 2.54. The Balaban J connectivity index is 4.09. The van der Waals surface area contributed by atoms with Crippen molar-refractivity contribution in [3.8, 4) is 0 Å². The van der Waals surface area contributed by atoms with Crippen molar-refractivity contribution in [1.29, 1.82) is 0 Å². The lowest BCUT2D eigenvalue weighted by Gasteiger charge is -2.25. The fourth-order valence-corrected chi connectivity index (χ4v) is 1.28. The number of carbonyl (C=O) groups is 1. The molecule has 0 radical (unpaired) electrons. The summed E-state index contributed by atoms with van der Waals surface area (Å²) >= 11 is 0. The average molecular weight is 159 g/mol. The highest BCUT2D eigenvalue weighted by molar-refractivity contribution is 5.65. The van der Waals surface area contributed by atoms with Crippen LogP contribution in [0.2, 0.25) is 0 Å². The van der Waals surface area contributed by atoms with Gasteiger partial charge < -0.3 is 10.0 Å². The van der Waals surface area contributed by atoms with Crippen LogP contribution in [0.4, 0.5) is 4.79 Å². The molecule has 3 nitrogen and oxygen atoms in total. The summed E-state index contributed by atoms with van der Waals surface area (Å²) < 4.78 is 0. The van der Waals surface area contributed by atoms with E-state index in [0.29, 0.717) is 6.54 Å². The van der Waals surface area contributed by atoms with Crippen LogP contribution in [0, 0.1) is 0 Å². The van der Waals surface area contributed by atoms with Crippen molar-refractivity contribution >= 4 is 6.09 Å². The minimum Gasteiger partial charge on any atom is -0.465 e. The van der Waals surface area contributed by atoms with Crippen molar-refractivity contribution in [3.05, 3.63) is 0 Å². The molecule has 0 spiro atoms. The summed E-state index contributed by atoms with van der Waals surface area (Å²) in [4.78, 5) is 12.1. The van der Waals surface area contributed by atoms with Gasteiger partial charge >= 0.3 is 6.09 Å². The van der Waals surface area contributed by atoms with Crippen molar-refractivity contribution in [2.24, 2.45) is 0 Å². The molecule has 0 saturated heterocycles. The maximum Gasteiger partial charge on any atom is 0.407 e. The number of hydrogen-bond donors (Lipinski definition) is 1. The molecule has 0 aliphatic carbocycles. The first-order valence-electron chi connectivity index (χ1n) is 4.16. The molecule has 0 aliphatic heterocycles. The maximum absolute atomic E-state index is 10.6. The standard InChI is InChI=1S/C8H17NO2/c1-4-7(5-2)9(6-3)8(10)11/h7H,4-6H2,1-3H3,(H,10,11). The highest BCUT2D eigenvalue weighted by atomic mass is 16.4. The molecule has 1 N–H and O–H groups in total. The van der Waals surface area contributed by atoms with E-state index in [2.05, 4.69) is 0 Å². The summed E-state index contributed by atoms with van der Waals surface area (Å²) in [6.45, 7) is 6.48. The number of hydrogen-bond acceptors (Lipinski definition) is 1. The minimum absolute atomic E-state index is 0.192. The molecular weight excluding hydrogens is 142 g/mol. The molecule has 0 aliphatic rings. The molecule has 66 valence electrons. The van der Waals surface area contributed by atoms with E-state index < -0.39 is 6.09 Å². The van der Waals surface area contributed by atoms with Crippen molar-refractivity contribution in [2.75, 3.05) is 6.54 Å². The lowest BCUT2D eigenvalue weighted by molar-refractivity contribution is 0.124. The molecule has 0 aromatic rings.